The van der Waals surface area contributed by atoms with E-state index in [9.17, 15) is 4.79 Å². The molecule has 6 atom stereocenters. The third-order valence-corrected chi connectivity index (χ3v) is 5.08. The maximum Gasteiger partial charge on any atom is 0.309 e. The largest absolute Gasteiger partial charge is 0.465 e. The van der Waals surface area contributed by atoms with E-state index < -0.39 is 0 Å². The average Bonchev–Trinajstić information content (AvgIpc) is 2.77. The summed E-state index contributed by atoms with van der Waals surface area (Å²) >= 11 is 0. The molecule has 3 rings (SSSR count). The van der Waals surface area contributed by atoms with Crippen molar-refractivity contribution in [3.63, 3.8) is 0 Å². The van der Waals surface area contributed by atoms with Gasteiger partial charge in [0.05, 0.1) is 12.5 Å². The van der Waals surface area contributed by atoms with Crippen molar-refractivity contribution >= 4 is 5.97 Å². The molecule has 0 radical (unpaired) electrons. The van der Waals surface area contributed by atoms with Gasteiger partial charge in [-0.05, 0) is 30.1 Å². The first-order chi connectivity index (χ1) is 6.74. The van der Waals surface area contributed by atoms with E-state index in [0.29, 0.717) is 18.4 Å². The van der Waals surface area contributed by atoms with Crippen LogP contribution in [-0.4, -0.2) is 12.6 Å². The van der Waals surface area contributed by atoms with Crippen LogP contribution in [0.15, 0.2) is 0 Å². The van der Waals surface area contributed by atoms with E-state index in [2.05, 4.69) is 13.8 Å². The minimum Gasteiger partial charge on any atom is -0.465 e. The van der Waals surface area contributed by atoms with Crippen LogP contribution in [0, 0.1) is 35.5 Å². The summed E-state index contributed by atoms with van der Waals surface area (Å²) < 4.78 is 5.20. The lowest BCUT2D eigenvalue weighted by molar-refractivity contribution is -0.143. The molecule has 2 aliphatic carbocycles. The fourth-order valence-electron chi connectivity index (χ4n) is 4.50. The lowest BCUT2D eigenvalue weighted by atomic mass is 9.69. The van der Waals surface area contributed by atoms with E-state index in [4.69, 9.17) is 4.74 Å². The van der Waals surface area contributed by atoms with E-state index in [1.807, 2.05) is 0 Å². The third kappa shape index (κ3) is 0.850. The topological polar surface area (TPSA) is 26.3 Å². The number of cyclic esters (lactones) is 1. The van der Waals surface area contributed by atoms with Gasteiger partial charge < -0.3 is 4.74 Å². The monoisotopic (exact) mass is 194 g/mol. The average molecular weight is 194 g/mol. The first-order valence-corrected chi connectivity index (χ1v) is 5.90. The summed E-state index contributed by atoms with van der Waals surface area (Å²) in [5, 5.41) is 0. The van der Waals surface area contributed by atoms with Gasteiger partial charge in [-0.2, -0.15) is 0 Å². The highest BCUT2D eigenvalue weighted by Gasteiger charge is 2.61. The number of hydrogen-bond donors (Lipinski definition) is 0. The number of carbonyl (C=O) groups excluding carboxylic acids is 1. The Morgan fingerprint density at radius 3 is 2.86 bits per heavy atom. The number of rotatable bonds is 1. The summed E-state index contributed by atoms with van der Waals surface area (Å²) in [5.41, 5.74) is 0. The highest BCUT2D eigenvalue weighted by Crippen LogP contribution is 2.61. The second-order valence-electron chi connectivity index (χ2n) is 5.31. The molecule has 0 aromatic carbocycles. The normalized spacial score (nSPS) is 54.9. The van der Waals surface area contributed by atoms with Crippen molar-refractivity contribution in [2.45, 2.75) is 26.7 Å². The SMILES string of the molecule is CCC1C(C)C2CC1C1C(=O)OCC21. The van der Waals surface area contributed by atoms with Crippen LogP contribution in [0.5, 0.6) is 0 Å². The van der Waals surface area contributed by atoms with Crippen molar-refractivity contribution in [3.8, 4) is 0 Å². The number of carbonyl (C=O) groups is 1. The standard InChI is InChI=1S/C12H18O2/c1-3-7-6(2)8-4-9(7)11-10(8)5-14-12(11)13/h6-11H,3-5H2,1-2H3. The van der Waals surface area contributed by atoms with Crippen LogP contribution in [0.2, 0.25) is 0 Å². The molecule has 3 aliphatic rings. The molecule has 2 saturated carbocycles. The molecule has 2 nitrogen and oxygen atoms in total. The molecule has 1 saturated heterocycles. The molecular formula is C12H18O2. The van der Waals surface area contributed by atoms with E-state index in [1.165, 1.54) is 12.8 Å². The first-order valence-electron chi connectivity index (χ1n) is 5.90. The number of fused-ring (bicyclic) bond motifs is 5. The maximum absolute atomic E-state index is 11.6. The summed E-state index contributed by atoms with van der Waals surface area (Å²) in [7, 11) is 0. The minimum absolute atomic E-state index is 0.104. The molecule has 3 fully saturated rings. The molecule has 0 aromatic heterocycles. The number of ether oxygens (including phenoxy) is 1. The predicted molar refractivity (Wildman–Crippen MR) is 52.5 cm³/mol. The van der Waals surface area contributed by atoms with Gasteiger partial charge in [0.1, 0.15) is 0 Å². The van der Waals surface area contributed by atoms with Gasteiger partial charge in [0.15, 0.2) is 0 Å². The Morgan fingerprint density at radius 2 is 2.14 bits per heavy atom. The molecule has 0 aromatic rings. The first kappa shape index (κ1) is 8.75. The van der Waals surface area contributed by atoms with Crippen LogP contribution in [0.3, 0.4) is 0 Å². The molecule has 0 spiro atoms. The summed E-state index contributed by atoms with van der Waals surface area (Å²) in [6.07, 6.45) is 2.53. The van der Waals surface area contributed by atoms with Gasteiger partial charge in [0.25, 0.3) is 0 Å². The molecular weight excluding hydrogens is 176 g/mol. The van der Waals surface area contributed by atoms with Crippen molar-refractivity contribution in [3.05, 3.63) is 0 Å². The molecule has 1 aliphatic heterocycles. The second kappa shape index (κ2) is 2.74. The smallest absolute Gasteiger partial charge is 0.309 e. The van der Waals surface area contributed by atoms with E-state index >= 15 is 0 Å². The highest BCUT2D eigenvalue weighted by molar-refractivity contribution is 5.76. The van der Waals surface area contributed by atoms with Gasteiger partial charge in [-0.25, -0.2) is 0 Å². The highest BCUT2D eigenvalue weighted by atomic mass is 16.5. The van der Waals surface area contributed by atoms with Gasteiger partial charge in [0.2, 0.25) is 0 Å². The lowest BCUT2D eigenvalue weighted by Gasteiger charge is -2.33. The molecule has 2 heteroatoms. The van der Waals surface area contributed by atoms with Crippen molar-refractivity contribution in [1.82, 2.24) is 0 Å². The van der Waals surface area contributed by atoms with Crippen LogP contribution in [0.1, 0.15) is 26.7 Å². The van der Waals surface area contributed by atoms with E-state index in [1.54, 1.807) is 0 Å². The Hall–Kier alpha value is -0.530. The van der Waals surface area contributed by atoms with Gasteiger partial charge in [-0.3, -0.25) is 4.79 Å². The molecule has 1 heterocycles. The summed E-state index contributed by atoms with van der Waals surface area (Å²) in [5.74, 6) is 3.99. The molecule has 14 heavy (non-hydrogen) atoms. The zero-order valence-electron chi connectivity index (χ0n) is 8.90. The second-order valence-corrected chi connectivity index (χ2v) is 5.31. The fourth-order valence-corrected chi connectivity index (χ4v) is 4.50. The summed E-state index contributed by atoms with van der Waals surface area (Å²) in [4.78, 5) is 11.6. The molecule has 0 amide bonds. The van der Waals surface area contributed by atoms with Crippen LogP contribution >= 0.6 is 0 Å². The zero-order valence-corrected chi connectivity index (χ0v) is 8.90. The Bertz CT molecular complexity index is 273. The Kier molecular flexibility index (Phi) is 1.71. The lowest BCUT2D eigenvalue weighted by Crippen LogP contribution is -2.33. The van der Waals surface area contributed by atoms with Gasteiger partial charge in [0, 0.05) is 5.92 Å². The quantitative estimate of drug-likeness (QED) is 0.597. The zero-order chi connectivity index (χ0) is 9.87. The summed E-state index contributed by atoms with van der Waals surface area (Å²) in [6.45, 7) is 5.35. The number of esters is 1. The molecule has 2 bridgehead atoms. The fraction of sp³-hybridized carbons (Fsp3) is 0.917. The van der Waals surface area contributed by atoms with Gasteiger partial charge >= 0.3 is 5.97 Å². The minimum atomic E-state index is 0.104. The molecule has 78 valence electrons. The van der Waals surface area contributed by atoms with Crippen molar-refractivity contribution in [1.29, 1.82) is 0 Å². The van der Waals surface area contributed by atoms with Crippen LogP contribution < -0.4 is 0 Å². The number of hydrogen-bond acceptors (Lipinski definition) is 2. The third-order valence-electron chi connectivity index (χ3n) is 5.08. The van der Waals surface area contributed by atoms with E-state index in [-0.39, 0.29) is 11.9 Å². The predicted octanol–water partition coefficient (Wildman–Crippen LogP) is 2.09. The maximum atomic E-state index is 11.6. The van der Waals surface area contributed by atoms with Crippen molar-refractivity contribution < 1.29 is 9.53 Å². The van der Waals surface area contributed by atoms with Gasteiger partial charge in [-0.15, -0.1) is 0 Å². The van der Waals surface area contributed by atoms with Crippen molar-refractivity contribution in [2.75, 3.05) is 6.61 Å². The Morgan fingerprint density at radius 1 is 1.36 bits per heavy atom. The molecule has 0 N–H and O–H groups in total. The molecule has 6 unspecified atom stereocenters. The van der Waals surface area contributed by atoms with Gasteiger partial charge in [-0.1, -0.05) is 20.3 Å². The van der Waals surface area contributed by atoms with Crippen LogP contribution in [0.25, 0.3) is 0 Å². The van der Waals surface area contributed by atoms with Crippen molar-refractivity contribution in [2.24, 2.45) is 35.5 Å². The van der Waals surface area contributed by atoms with Crippen LogP contribution in [-0.2, 0) is 9.53 Å². The van der Waals surface area contributed by atoms with E-state index in [0.717, 1.165) is 17.8 Å². The van der Waals surface area contributed by atoms with Crippen LogP contribution in [0.4, 0.5) is 0 Å². The summed E-state index contributed by atoms with van der Waals surface area (Å²) in [6, 6.07) is 0. The Balaban J connectivity index is 1.92. The Labute approximate surface area is 85.0 Å².